The van der Waals surface area contributed by atoms with E-state index in [-0.39, 0.29) is 13.1 Å². The zero-order valence-corrected chi connectivity index (χ0v) is 22.9. The number of hydrogen-bond donors (Lipinski definition) is 3. The van der Waals surface area contributed by atoms with Crippen LogP contribution in [0, 0.1) is 0 Å². The van der Waals surface area contributed by atoms with Crippen molar-refractivity contribution in [2.24, 2.45) is 0 Å². The van der Waals surface area contributed by atoms with E-state index in [1.165, 1.54) is 21.6 Å². The molecule has 3 N–H and O–H groups in total. The summed E-state index contributed by atoms with van der Waals surface area (Å²) < 4.78 is -0.849. The van der Waals surface area contributed by atoms with Gasteiger partial charge < -0.3 is 25.5 Å². The average molecular weight is 564 g/mol. The van der Waals surface area contributed by atoms with Gasteiger partial charge in [0.25, 0.3) is 5.91 Å². The molecule has 0 radical (unpaired) electrons. The van der Waals surface area contributed by atoms with E-state index in [2.05, 4.69) is 10.6 Å². The van der Waals surface area contributed by atoms with Crippen molar-refractivity contribution in [3.63, 3.8) is 0 Å². The number of rotatable bonds is 7. The fourth-order valence-electron chi connectivity index (χ4n) is 5.07. The Morgan fingerprint density at radius 3 is 2.37 bits per heavy atom. The molecule has 14 heteroatoms. The highest BCUT2D eigenvalue weighted by Gasteiger charge is 2.73. The fraction of sp³-hybridized carbons (Fsp3) is 0.500. The van der Waals surface area contributed by atoms with Crippen LogP contribution in [-0.4, -0.2) is 102 Å². The number of carboxylic acids is 1. The topological polar surface area (TPSA) is 156 Å². The molecule has 0 spiro atoms. The van der Waals surface area contributed by atoms with Gasteiger partial charge in [-0.2, -0.15) is 0 Å². The maximum Gasteiger partial charge on any atom is 0.341 e. The van der Waals surface area contributed by atoms with Gasteiger partial charge in [0, 0.05) is 19.6 Å². The van der Waals surface area contributed by atoms with Crippen molar-refractivity contribution in [3.05, 3.63) is 35.9 Å². The van der Waals surface area contributed by atoms with E-state index >= 15 is 0 Å². The lowest BCUT2D eigenvalue weighted by atomic mass is 9.94. The van der Waals surface area contributed by atoms with E-state index in [0.717, 1.165) is 16.7 Å². The molecule has 0 aliphatic carbocycles. The molecule has 6 amide bonds. The van der Waals surface area contributed by atoms with Crippen molar-refractivity contribution in [2.45, 2.75) is 47.8 Å². The molecular weight excluding hydrogens is 534 g/mol. The molecule has 3 heterocycles. The van der Waals surface area contributed by atoms with Crippen LogP contribution in [0.15, 0.2) is 30.3 Å². The van der Waals surface area contributed by atoms with Crippen LogP contribution >= 0.6 is 23.5 Å². The first-order chi connectivity index (χ1) is 17.9. The lowest BCUT2D eigenvalue weighted by Crippen LogP contribution is -2.74. The van der Waals surface area contributed by atoms with E-state index in [1.807, 2.05) is 0 Å². The van der Waals surface area contributed by atoms with Crippen molar-refractivity contribution in [2.75, 3.05) is 25.9 Å². The van der Waals surface area contributed by atoms with Gasteiger partial charge in [0.15, 0.2) is 0 Å². The SMILES string of the molecule is CCN1CCN(C(=O)NC(C(=O)N[C@H]2C(=O)N3[C@@H]2SC(C)(C)[C@]3(SC)C(=O)O)c2ccccc2)C(=O)C1=O. The Kier molecular flexibility index (Phi) is 7.40. The molecule has 4 atom stereocenters. The van der Waals surface area contributed by atoms with Gasteiger partial charge in [0.1, 0.15) is 17.5 Å². The molecule has 0 bridgehead atoms. The van der Waals surface area contributed by atoms with E-state index in [4.69, 9.17) is 0 Å². The Bertz CT molecular complexity index is 1200. The van der Waals surface area contributed by atoms with Crippen LogP contribution in [0.1, 0.15) is 32.4 Å². The van der Waals surface area contributed by atoms with Gasteiger partial charge in [-0.25, -0.2) is 9.59 Å². The monoisotopic (exact) mass is 563 g/mol. The largest absolute Gasteiger partial charge is 0.479 e. The highest BCUT2D eigenvalue weighted by molar-refractivity contribution is 8.06. The number of benzene rings is 1. The third-order valence-electron chi connectivity index (χ3n) is 7.10. The van der Waals surface area contributed by atoms with Crippen molar-refractivity contribution in [1.82, 2.24) is 25.3 Å². The average Bonchev–Trinajstić information content (AvgIpc) is 3.11. The number of carboxylic acid groups (broad SMARTS) is 1. The number of fused-ring (bicyclic) bond motifs is 1. The summed E-state index contributed by atoms with van der Waals surface area (Å²) in [7, 11) is 0. The molecule has 1 aromatic carbocycles. The van der Waals surface area contributed by atoms with Crippen LogP contribution in [-0.2, 0) is 24.0 Å². The zero-order valence-electron chi connectivity index (χ0n) is 21.3. The Balaban J connectivity index is 1.54. The van der Waals surface area contributed by atoms with Crippen molar-refractivity contribution in [1.29, 1.82) is 0 Å². The van der Waals surface area contributed by atoms with Crippen LogP contribution in [0.3, 0.4) is 0 Å². The number of β-lactam (4-membered cyclic amide) rings is 1. The van der Waals surface area contributed by atoms with Crippen molar-refractivity contribution >= 4 is 59.2 Å². The number of thioether (sulfide) groups is 2. The molecule has 0 aromatic heterocycles. The number of carbonyl (C=O) groups excluding carboxylic acids is 5. The third-order valence-corrected chi connectivity index (χ3v) is 10.3. The molecule has 38 heavy (non-hydrogen) atoms. The summed E-state index contributed by atoms with van der Waals surface area (Å²) in [4.78, 5) is 78.6. The van der Waals surface area contributed by atoms with Crippen molar-refractivity contribution < 1.29 is 33.9 Å². The number of amides is 6. The number of imide groups is 1. The van der Waals surface area contributed by atoms with Gasteiger partial charge in [0.05, 0.1) is 4.75 Å². The molecule has 3 fully saturated rings. The first-order valence-electron chi connectivity index (χ1n) is 12.0. The van der Waals surface area contributed by atoms with Gasteiger partial charge in [-0.1, -0.05) is 30.3 Å². The van der Waals surface area contributed by atoms with E-state index in [9.17, 15) is 33.9 Å². The van der Waals surface area contributed by atoms with Gasteiger partial charge in [-0.15, -0.1) is 23.5 Å². The summed E-state index contributed by atoms with van der Waals surface area (Å²) in [5.74, 6) is -4.16. The molecule has 1 unspecified atom stereocenters. The zero-order chi connectivity index (χ0) is 28.0. The second-order valence-corrected chi connectivity index (χ2v) is 12.2. The Morgan fingerprint density at radius 2 is 1.79 bits per heavy atom. The minimum atomic E-state index is -1.50. The standard InChI is InChI=1S/C24H29N5O7S2/c1-5-27-11-12-28(19(33)18(27)32)22(36)26-14(13-9-7-6-8-10-13)16(30)25-15-17(31)29-20(15)38-23(2,3)24(29,37-4)21(34)35/h6-10,14-15,20H,5,11-12H2,1-4H3,(H,25,30)(H,26,36)(H,34,35)/t14?,15-,20+,24+/m0/s1. The lowest BCUT2D eigenvalue weighted by molar-refractivity contribution is -0.163. The molecule has 3 aliphatic heterocycles. The molecular formula is C24H29N5O7S2. The first-order valence-corrected chi connectivity index (χ1v) is 14.1. The van der Waals surface area contributed by atoms with Gasteiger partial charge in [0.2, 0.25) is 10.8 Å². The molecule has 0 saturated carbocycles. The number of urea groups is 1. The summed E-state index contributed by atoms with van der Waals surface area (Å²) in [6.45, 7) is 5.70. The minimum Gasteiger partial charge on any atom is -0.479 e. The third kappa shape index (κ3) is 4.19. The van der Waals surface area contributed by atoms with Crippen LogP contribution < -0.4 is 10.6 Å². The quantitative estimate of drug-likeness (QED) is 0.317. The summed E-state index contributed by atoms with van der Waals surface area (Å²) in [6.07, 6.45) is 1.63. The number of aliphatic carboxylic acids is 1. The molecule has 1 aromatic rings. The number of nitrogens with zero attached hydrogens (tertiary/aromatic N) is 3. The van der Waals surface area contributed by atoms with Gasteiger partial charge in [-0.05, 0) is 32.6 Å². The van der Waals surface area contributed by atoms with E-state index in [1.54, 1.807) is 57.4 Å². The molecule has 3 saturated heterocycles. The molecule has 4 rings (SSSR count). The summed E-state index contributed by atoms with van der Waals surface area (Å²) in [5, 5.41) is 14.6. The summed E-state index contributed by atoms with van der Waals surface area (Å²) >= 11 is 2.34. The first kappa shape index (κ1) is 27.8. The maximum absolute atomic E-state index is 13.5. The predicted octanol–water partition coefficient (Wildman–Crippen LogP) is 0.450. The smallest absolute Gasteiger partial charge is 0.341 e. The minimum absolute atomic E-state index is 0.0246. The predicted molar refractivity (Wildman–Crippen MR) is 140 cm³/mol. The summed E-state index contributed by atoms with van der Waals surface area (Å²) in [5.41, 5.74) is 0.399. The normalized spacial score (nSPS) is 26.9. The number of hydrogen-bond acceptors (Lipinski definition) is 8. The second-order valence-electron chi connectivity index (χ2n) is 9.50. The molecule has 12 nitrogen and oxygen atoms in total. The molecule has 3 aliphatic rings. The number of piperazine rings is 1. The Hall–Kier alpha value is -3.26. The van der Waals surface area contributed by atoms with Crippen LogP contribution in [0.4, 0.5) is 4.79 Å². The number of nitrogens with one attached hydrogen (secondary N) is 2. The van der Waals surface area contributed by atoms with Crippen molar-refractivity contribution in [3.8, 4) is 0 Å². The van der Waals surface area contributed by atoms with Crippen LogP contribution in [0.25, 0.3) is 0 Å². The van der Waals surface area contributed by atoms with Gasteiger partial charge >= 0.3 is 23.8 Å². The lowest BCUT2D eigenvalue weighted by Gasteiger charge is -2.49. The van der Waals surface area contributed by atoms with E-state index in [0.29, 0.717) is 12.1 Å². The van der Waals surface area contributed by atoms with E-state index < -0.39 is 62.7 Å². The van der Waals surface area contributed by atoms with Gasteiger partial charge in [-0.3, -0.25) is 24.1 Å². The highest BCUT2D eigenvalue weighted by atomic mass is 32.2. The molecule has 204 valence electrons. The maximum atomic E-state index is 13.5. The highest BCUT2D eigenvalue weighted by Crippen LogP contribution is 2.60. The Labute approximate surface area is 227 Å². The fourth-order valence-corrected chi connectivity index (χ4v) is 8.23. The van der Waals surface area contributed by atoms with Crippen LogP contribution in [0.5, 0.6) is 0 Å². The number of likely N-dealkylation sites (N-methyl/N-ethyl adjacent to an activating group) is 1. The number of carbonyl (C=O) groups is 6. The second kappa shape index (κ2) is 10.1. The summed E-state index contributed by atoms with van der Waals surface area (Å²) in [6, 6.07) is 5.10. The Morgan fingerprint density at radius 1 is 1.13 bits per heavy atom. The van der Waals surface area contributed by atoms with Crippen LogP contribution in [0.2, 0.25) is 0 Å².